The minimum absolute atomic E-state index is 0.637. The summed E-state index contributed by atoms with van der Waals surface area (Å²) in [4.78, 5) is 25.4. The van der Waals surface area contributed by atoms with Crippen molar-refractivity contribution >= 4 is 23.2 Å². The Morgan fingerprint density at radius 2 is 2.00 bits per heavy atom. The van der Waals surface area contributed by atoms with E-state index in [9.17, 15) is 0 Å². The topological polar surface area (TPSA) is 108 Å². The van der Waals surface area contributed by atoms with Gasteiger partial charge in [0.15, 0.2) is 11.5 Å². The third kappa shape index (κ3) is 2.03. The van der Waals surface area contributed by atoms with Gasteiger partial charge in [-0.25, -0.2) is 19.9 Å². The Morgan fingerprint density at radius 3 is 2.89 bits per heavy atom. The third-order valence-electron chi connectivity index (χ3n) is 2.33. The lowest BCUT2D eigenvalue weighted by Gasteiger charge is -2.03. The van der Waals surface area contributed by atoms with E-state index in [2.05, 4.69) is 40.2 Å². The Bertz CT molecular complexity index is 637. The molecule has 8 heteroatoms. The summed E-state index contributed by atoms with van der Waals surface area (Å²) in [6, 6.07) is 0. The molecule has 0 bridgehead atoms. The van der Waals surface area contributed by atoms with Gasteiger partial charge in [-0.05, 0) is 0 Å². The largest absolute Gasteiger partial charge is 0.349 e. The molecule has 1 aliphatic heterocycles. The van der Waals surface area contributed by atoms with Crippen LogP contribution >= 0.6 is 0 Å². The predicted molar refractivity (Wildman–Crippen MR) is 66.4 cm³/mol. The molecule has 0 saturated heterocycles. The van der Waals surface area contributed by atoms with Crippen molar-refractivity contribution in [2.24, 2.45) is 4.99 Å². The highest BCUT2D eigenvalue weighted by Crippen LogP contribution is 2.08. The van der Waals surface area contributed by atoms with E-state index < -0.39 is 0 Å². The fourth-order valence-electron chi connectivity index (χ4n) is 1.49. The number of imidazole rings is 2. The quantitative estimate of drug-likeness (QED) is 0.534. The lowest BCUT2D eigenvalue weighted by atomic mass is 10.4. The van der Waals surface area contributed by atoms with Crippen LogP contribution in [0.25, 0.3) is 11.2 Å². The Hall–Kier alpha value is -2.77. The molecule has 0 atom stereocenters. The fourth-order valence-corrected chi connectivity index (χ4v) is 1.49. The zero-order valence-corrected chi connectivity index (χ0v) is 9.33. The normalized spacial score (nSPS) is 12.4. The van der Waals surface area contributed by atoms with Crippen molar-refractivity contribution in [3.8, 4) is 0 Å². The molecule has 0 aromatic carbocycles. The maximum absolute atomic E-state index is 4.00. The first kappa shape index (κ1) is 10.4. The van der Waals surface area contributed by atoms with Crippen LogP contribution in [0.3, 0.4) is 0 Å². The minimum atomic E-state index is 0.637. The summed E-state index contributed by atoms with van der Waals surface area (Å²) in [5, 5.41) is 3.00. The third-order valence-corrected chi connectivity index (χ3v) is 2.33. The van der Waals surface area contributed by atoms with E-state index in [0.717, 1.165) is 17.0 Å². The van der Waals surface area contributed by atoms with Crippen LogP contribution in [-0.2, 0) is 0 Å². The number of aromatic nitrogens is 6. The highest BCUT2D eigenvalue weighted by atomic mass is 15.1. The molecule has 90 valence electrons. The molecule has 18 heavy (non-hydrogen) atoms. The van der Waals surface area contributed by atoms with Crippen LogP contribution in [0.15, 0.2) is 30.2 Å². The van der Waals surface area contributed by atoms with E-state index in [0.29, 0.717) is 12.3 Å². The molecule has 0 radical (unpaired) electrons. The van der Waals surface area contributed by atoms with Crippen LogP contribution in [0.5, 0.6) is 0 Å². The summed E-state index contributed by atoms with van der Waals surface area (Å²) >= 11 is 0. The second kappa shape index (κ2) is 4.62. The van der Waals surface area contributed by atoms with Gasteiger partial charge in [0.05, 0.1) is 25.1 Å². The van der Waals surface area contributed by atoms with E-state index in [4.69, 9.17) is 0 Å². The number of hydrogen-bond acceptors (Lipinski definition) is 6. The Balaban J connectivity index is 0.000000111. The van der Waals surface area contributed by atoms with Gasteiger partial charge in [0.1, 0.15) is 24.2 Å². The number of nitrogens with one attached hydrogen (secondary N) is 3. The molecular formula is C10H10N8. The number of nitrogens with zero attached hydrogens (tertiary/aromatic N) is 5. The highest BCUT2D eigenvalue weighted by Gasteiger charge is 2.03. The van der Waals surface area contributed by atoms with Gasteiger partial charge in [0.25, 0.3) is 0 Å². The molecule has 3 aromatic heterocycles. The number of hydrogen-bond donors (Lipinski definition) is 3. The summed E-state index contributed by atoms with van der Waals surface area (Å²) in [5.74, 6) is 0.894. The van der Waals surface area contributed by atoms with Gasteiger partial charge in [-0.2, -0.15) is 0 Å². The Kier molecular flexibility index (Phi) is 2.66. The van der Waals surface area contributed by atoms with Crippen molar-refractivity contribution in [2.75, 3.05) is 12.0 Å². The SMILES string of the molecule is C1=NCNc2nc[nH]c21.c1ncc2[nH]cnc2n1. The molecule has 4 heterocycles. The first-order valence-electron chi connectivity index (χ1n) is 5.29. The molecule has 1 aliphatic rings. The molecule has 4 rings (SSSR count). The van der Waals surface area contributed by atoms with Gasteiger partial charge < -0.3 is 15.3 Å². The zero-order valence-electron chi connectivity index (χ0n) is 9.33. The molecule has 0 unspecified atom stereocenters. The van der Waals surface area contributed by atoms with Gasteiger partial charge >= 0.3 is 0 Å². The second-order valence-corrected chi connectivity index (χ2v) is 3.47. The lowest BCUT2D eigenvalue weighted by molar-refractivity contribution is 1.10. The molecule has 0 saturated carbocycles. The summed E-state index contributed by atoms with van der Waals surface area (Å²) in [7, 11) is 0. The summed E-state index contributed by atoms with van der Waals surface area (Å²) < 4.78 is 0. The van der Waals surface area contributed by atoms with Crippen LogP contribution in [0, 0.1) is 0 Å². The number of fused-ring (bicyclic) bond motifs is 2. The van der Waals surface area contributed by atoms with Gasteiger partial charge in [-0.3, -0.25) is 4.99 Å². The molecule has 8 nitrogen and oxygen atoms in total. The van der Waals surface area contributed by atoms with E-state index in [1.54, 1.807) is 25.1 Å². The average molecular weight is 242 g/mol. The maximum Gasteiger partial charge on any atom is 0.180 e. The van der Waals surface area contributed by atoms with Crippen molar-refractivity contribution in [1.82, 2.24) is 29.9 Å². The number of H-pyrrole nitrogens is 2. The first-order chi connectivity index (χ1) is 8.93. The van der Waals surface area contributed by atoms with Gasteiger partial charge in [-0.1, -0.05) is 0 Å². The van der Waals surface area contributed by atoms with Gasteiger partial charge in [0.2, 0.25) is 0 Å². The van der Waals surface area contributed by atoms with E-state index >= 15 is 0 Å². The highest BCUT2D eigenvalue weighted by molar-refractivity contribution is 5.85. The van der Waals surface area contributed by atoms with Gasteiger partial charge in [0, 0.05) is 0 Å². The molecule has 3 aromatic rings. The van der Waals surface area contributed by atoms with Crippen molar-refractivity contribution in [3.05, 3.63) is 30.9 Å². The minimum Gasteiger partial charge on any atom is -0.349 e. The predicted octanol–water partition coefficient (Wildman–Crippen LogP) is 0.565. The monoisotopic (exact) mass is 242 g/mol. The van der Waals surface area contributed by atoms with E-state index in [1.807, 2.05) is 0 Å². The molecule has 0 fully saturated rings. The van der Waals surface area contributed by atoms with Crippen LogP contribution < -0.4 is 5.32 Å². The standard InChI is InChI=1S/C5H6N4.C5H4N4/c2*1-4-5(8-2-6-1)9-3-7-4/h1,3,8H,2H2,(H,7,9);1-3H,(H,6,7,8,9). The van der Waals surface area contributed by atoms with Crippen molar-refractivity contribution in [3.63, 3.8) is 0 Å². The Labute approximate surface area is 102 Å². The van der Waals surface area contributed by atoms with Gasteiger partial charge in [-0.15, -0.1) is 0 Å². The molecule has 0 aliphatic carbocycles. The van der Waals surface area contributed by atoms with Crippen LogP contribution in [0.1, 0.15) is 5.69 Å². The van der Waals surface area contributed by atoms with Crippen LogP contribution in [0.2, 0.25) is 0 Å². The average Bonchev–Trinajstić information content (AvgIpc) is 3.08. The summed E-state index contributed by atoms with van der Waals surface area (Å²) in [6.45, 7) is 0.637. The summed E-state index contributed by atoms with van der Waals surface area (Å²) in [6.07, 6.45) is 8.19. The van der Waals surface area contributed by atoms with Crippen molar-refractivity contribution < 1.29 is 0 Å². The number of aliphatic imine (C=N–C) groups is 1. The fraction of sp³-hybridized carbons (Fsp3) is 0.100. The zero-order chi connectivity index (χ0) is 12.2. The number of rotatable bonds is 0. The van der Waals surface area contributed by atoms with Crippen LogP contribution in [0.4, 0.5) is 5.82 Å². The van der Waals surface area contributed by atoms with E-state index in [-0.39, 0.29) is 0 Å². The summed E-state index contributed by atoms with van der Waals surface area (Å²) in [5.41, 5.74) is 2.55. The number of anilines is 1. The van der Waals surface area contributed by atoms with Crippen molar-refractivity contribution in [1.29, 1.82) is 0 Å². The van der Waals surface area contributed by atoms with Crippen molar-refractivity contribution in [2.45, 2.75) is 0 Å². The first-order valence-corrected chi connectivity index (χ1v) is 5.29. The Morgan fingerprint density at radius 1 is 1.06 bits per heavy atom. The second-order valence-electron chi connectivity index (χ2n) is 3.47. The molecule has 3 N–H and O–H groups in total. The van der Waals surface area contributed by atoms with Crippen LogP contribution in [-0.4, -0.2) is 42.8 Å². The van der Waals surface area contributed by atoms with E-state index in [1.165, 1.54) is 6.33 Å². The lowest BCUT2D eigenvalue weighted by Crippen LogP contribution is -2.06. The maximum atomic E-state index is 4.00. The molecule has 0 amide bonds. The molecule has 0 spiro atoms. The smallest absolute Gasteiger partial charge is 0.180 e. The molecular weight excluding hydrogens is 232 g/mol. The number of aromatic amines is 2.